The summed E-state index contributed by atoms with van der Waals surface area (Å²) in [5.41, 5.74) is 13.2. The van der Waals surface area contributed by atoms with Gasteiger partial charge in [0, 0.05) is 24.5 Å². The summed E-state index contributed by atoms with van der Waals surface area (Å²) in [4.78, 5) is 33.0. The molecule has 0 aliphatic rings. The number of ether oxygens (including phenoxy) is 2. The van der Waals surface area contributed by atoms with Crippen LogP contribution in [0, 0.1) is 0 Å². The zero-order chi connectivity index (χ0) is 27.1. The summed E-state index contributed by atoms with van der Waals surface area (Å²) in [5, 5.41) is 3.71. The Bertz CT molecular complexity index is 1380. The largest absolute Gasteiger partial charge is 0.493 e. The molecule has 5 N–H and O–H groups in total. The molecule has 0 atom stereocenters. The summed E-state index contributed by atoms with van der Waals surface area (Å²) < 4.78 is 12.3. The lowest BCUT2D eigenvalue weighted by atomic mass is 10.2. The van der Waals surface area contributed by atoms with Gasteiger partial charge in [-0.3, -0.25) is 10.2 Å². The van der Waals surface area contributed by atoms with Crippen molar-refractivity contribution in [2.45, 2.75) is 32.8 Å². The van der Waals surface area contributed by atoms with E-state index in [1.165, 1.54) is 6.20 Å². The monoisotopic (exact) mass is 534 g/mol. The van der Waals surface area contributed by atoms with Gasteiger partial charge in [0.2, 0.25) is 0 Å². The number of para-hydroxylation sites is 1. The van der Waals surface area contributed by atoms with Gasteiger partial charge in [0.05, 0.1) is 28.0 Å². The van der Waals surface area contributed by atoms with Crippen molar-refractivity contribution < 1.29 is 19.1 Å². The SMILES string of the molecule is CC(C)(C)OC(=O)NNc1ccc(C(=O)NCCCOc2cc(N)ccc2-c2nc3ccccc3s2)cn1. The Hall–Kier alpha value is -4.38. The van der Waals surface area contributed by atoms with Crippen molar-refractivity contribution in [2.75, 3.05) is 24.3 Å². The van der Waals surface area contributed by atoms with Gasteiger partial charge >= 0.3 is 6.09 Å². The van der Waals surface area contributed by atoms with Crippen LogP contribution in [0.2, 0.25) is 0 Å². The molecule has 0 aliphatic heterocycles. The molecule has 0 fully saturated rings. The predicted octanol–water partition coefficient (Wildman–Crippen LogP) is 4.99. The van der Waals surface area contributed by atoms with Crippen LogP contribution < -0.4 is 26.6 Å². The number of benzene rings is 2. The normalized spacial score (nSPS) is 11.1. The lowest BCUT2D eigenvalue weighted by Gasteiger charge is -2.19. The van der Waals surface area contributed by atoms with E-state index in [9.17, 15) is 9.59 Å². The minimum atomic E-state index is -0.631. The van der Waals surface area contributed by atoms with E-state index in [1.54, 1.807) is 50.3 Å². The summed E-state index contributed by atoms with van der Waals surface area (Å²) in [6.07, 6.45) is 1.38. The number of amides is 2. The second-order valence-corrected chi connectivity index (χ2v) is 10.4. The van der Waals surface area contributed by atoms with Crippen molar-refractivity contribution in [1.82, 2.24) is 20.7 Å². The molecule has 0 saturated carbocycles. The van der Waals surface area contributed by atoms with Crippen molar-refractivity contribution in [3.8, 4) is 16.3 Å². The van der Waals surface area contributed by atoms with Gasteiger partial charge in [-0.15, -0.1) is 11.3 Å². The standard InChI is InChI=1S/C27H30N6O4S/c1-27(2,3)37-26(35)33-32-23-12-9-17(16-30-23)24(34)29-13-6-14-36-21-15-18(28)10-11-19(21)25-31-20-7-4-5-8-22(20)38-25/h4-5,7-12,15-16H,6,13-14,28H2,1-3H3,(H,29,34)(H,30,32)(H,33,35). The van der Waals surface area contributed by atoms with Crippen molar-refractivity contribution in [3.05, 3.63) is 66.4 Å². The summed E-state index contributed by atoms with van der Waals surface area (Å²) in [6.45, 7) is 6.10. The van der Waals surface area contributed by atoms with Crippen LogP contribution >= 0.6 is 11.3 Å². The fraction of sp³-hybridized carbons (Fsp3) is 0.259. The zero-order valence-electron chi connectivity index (χ0n) is 21.4. The first-order chi connectivity index (χ1) is 18.2. The van der Waals surface area contributed by atoms with Crippen LogP contribution in [-0.2, 0) is 4.74 Å². The number of thiazole rings is 1. The van der Waals surface area contributed by atoms with Crippen molar-refractivity contribution in [2.24, 2.45) is 0 Å². The van der Waals surface area contributed by atoms with Gasteiger partial charge in [-0.2, -0.15) is 0 Å². The first kappa shape index (κ1) is 26.7. The molecule has 198 valence electrons. The maximum atomic E-state index is 12.5. The number of carbonyl (C=O) groups excluding carboxylic acids is 2. The minimum Gasteiger partial charge on any atom is -0.493 e. The number of hydrogen-bond donors (Lipinski definition) is 4. The molecule has 0 radical (unpaired) electrons. The van der Waals surface area contributed by atoms with Crippen molar-refractivity contribution in [1.29, 1.82) is 0 Å². The topological polar surface area (TPSA) is 140 Å². The molecule has 2 aromatic heterocycles. The van der Waals surface area contributed by atoms with Gasteiger partial charge in [-0.05, 0) is 63.6 Å². The van der Waals surface area contributed by atoms with Crippen LogP contribution in [-0.4, -0.2) is 40.7 Å². The Morgan fingerprint density at radius 2 is 1.89 bits per heavy atom. The zero-order valence-corrected chi connectivity index (χ0v) is 22.2. The second kappa shape index (κ2) is 11.8. The molecule has 2 aromatic carbocycles. The van der Waals surface area contributed by atoms with Crippen LogP contribution in [0.5, 0.6) is 5.75 Å². The molecule has 0 bridgehead atoms. The molecule has 11 heteroatoms. The number of aromatic nitrogens is 2. The number of carbonyl (C=O) groups is 2. The third-order valence-corrected chi connectivity index (χ3v) is 6.18. The van der Waals surface area contributed by atoms with E-state index in [0.717, 1.165) is 20.8 Å². The van der Waals surface area contributed by atoms with Gasteiger partial charge in [-0.25, -0.2) is 20.2 Å². The number of anilines is 2. The number of nitrogens with one attached hydrogen (secondary N) is 3. The molecule has 2 amide bonds. The molecular weight excluding hydrogens is 504 g/mol. The van der Waals surface area contributed by atoms with Crippen LogP contribution in [0.25, 0.3) is 20.8 Å². The first-order valence-electron chi connectivity index (χ1n) is 12.1. The average Bonchev–Trinajstić information content (AvgIpc) is 3.30. The maximum absolute atomic E-state index is 12.5. The maximum Gasteiger partial charge on any atom is 0.426 e. The number of pyridine rings is 1. The number of fused-ring (bicyclic) bond motifs is 1. The van der Waals surface area contributed by atoms with Crippen molar-refractivity contribution in [3.63, 3.8) is 0 Å². The van der Waals surface area contributed by atoms with E-state index in [1.807, 2.05) is 36.4 Å². The number of nitrogen functional groups attached to an aromatic ring is 1. The summed E-state index contributed by atoms with van der Waals surface area (Å²) in [7, 11) is 0. The lowest BCUT2D eigenvalue weighted by molar-refractivity contribution is 0.0540. The molecule has 0 aliphatic carbocycles. The molecule has 10 nitrogen and oxygen atoms in total. The molecule has 38 heavy (non-hydrogen) atoms. The fourth-order valence-electron chi connectivity index (χ4n) is 3.40. The van der Waals surface area contributed by atoms with E-state index in [2.05, 4.69) is 21.2 Å². The van der Waals surface area contributed by atoms with Gasteiger partial charge in [0.15, 0.2) is 0 Å². The number of rotatable bonds is 9. The number of nitrogens with two attached hydrogens (primary N) is 1. The third kappa shape index (κ3) is 7.32. The van der Waals surface area contributed by atoms with Crippen LogP contribution in [0.1, 0.15) is 37.6 Å². The van der Waals surface area contributed by atoms with Gasteiger partial charge in [0.1, 0.15) is 22.2 Å². The molecule has 4 aromatic rings. The summed E-state index contributed by atoms with van der Waals surface area (Å²) in [6, 6.07) is 16.7. The molecular formula is C27H30N6O4S. The Labute approximate surface area is 224 Å². The number of hydrazine groups is 1. The smallest absolute Gasteiger partial charge is 0.426 e. The van der Waals surface area contributed by atoms with E-state index >= 15 is 0 Å². The fourth-order valence-corrected chi connectivity index (χ4v) is 4.40. The summed E-state index contributed by atoms with van der Waals surface area (Å²) in [5.74, 6) is 0.762. The van der Waals surface area contributed by atoms with Gasteiger partial charge in [-0.1, -0.05) is 12.1 Å². The van der Waals surface area contributed by atoms with E-state index in [4.69, 9.17) is 20.2 Å². The third-order valence-electron chi connectivity index (χ3n) is 5.11. The van der Waals surface area contributed by atoms with E-state index in [0.29, 0.717) is 42.4 Å². The molecule has 0 saturated heterocycles. The Morgan fingerprint density at radius 3 is 2.63 bits per heavy atom. The van der Waals surface area contributed by atoms with Crippen molar-refractivity contribution >= 4 is 45.1 Å². The minimum absolute atomic E-state index is 0.261. The van der Waals surface area contributed by atoms with E-state index < -0.39 is 11.7 Å². The van der Waals surface area contributed by atoms with Gasteiger partial charge in [0.25, 0.3) is 5.91 Å². The Kier molecular flexibility index (Phi) is 8.27. The quantitative estimate of drug-likeness (QED) is 0.134. The number of hydrogen-bond acceptors (Lipinski definition) is 9. The average molecular weight is 535 g/mol. The summed E-state index contributed by atoms with van der Waals surface area (Å²) >= 11 is 1.60. The Balaban J connectivity index is 1.24. The highest BCUT2D eigenvalue weighted by atomic mass is 32.1. The van der Waals surface area contributed by atoms with Crippen LogP contribution in [0.3, 0.4) is 0 Å². The second-order valence-electron chi connectivity index (χ2n) is 9.38. The highest BCUT2D eigenvalue weighted by molar-refractivity contribution is 7.21. The highest BCUT2D eigenvalue weighted by Crippen LogP contribution is 2.36. The molecule has 4 rings (SSSR count). The number of nitrogens with zero attached hydrogens (tertiary/aromatic N) is 2. The van der Waals surface area contributed by atoms with E-state index in [-0.39, 0.29) is 5.91 Å². The Morgan fingerprint density at radius 1 is 1.08 bits per heavy atom. The molecule has 2 heterocycles. The van der Waals surface area contributed by atoms with Crippen LogP contribution in [0.4, 0.5) is 16.3 Å². The van der Waals surface area contributed by atoms with Crippen LogP contribution in [0.15, 0.2) is 60.8 Å². The lowest BCUT2D eigenvalue weighted by Crippen LogP contribution is -2.36. The molecule has 0 spiro atoms. The van der Waals surface area contributed by atoms with Gasteiger partial charge < -0.3 is 20.5 Å². The highest BCUT2D eigenvalue weighted by Gasteiger charge is 2.16. The molecule has 0 unspecified atom stereocenters. The predicted molar refractivity (Wildman–Crippen MR) is 149 cm³/mol. The first-order valence-corrected chi connectivity index (χ1v) is 12.9.